The minimum Gasteiger partial charge on any atom is -0.456 e. The first-order valence-electron chi connectivity index (χ1n) is 13.8. The Morgan fingerprint density at radius 2 is 1.78 bits per heavy atom. The summed E-state index contributed by atoms with van der Waals surface area (Å²) in [6, 6.07) is 22.1. The number of H-pyrrole nitrogens is 1. The first-order chi connectivity index (χ1) is 20.2. The van der Waals surface area contributed by atoms with Crippen LogP contribution in [0.4, 0.5) is 11.4 Å². The first kappa shape index (κ1) is 25.0. The number of nitrogens with zero attached hydrogens (tertiary/aromatic N) is 3. The fraction of sp³-hybridized carbons (Fsp3) is 0.182. The predicted molar refractivity (Wildman–Crippen MR) is 160 cm³/mol. The van der Waals surface area contributed by atoms with Crippen molar-refractivity contribution in [2.45, 2.75) is 13.0 Å². The minimum atomic E-state index is -0.130. The number of nitrogens with one attached hydrogen (secondary N) is 2. The molecule has 3 aromatic heterocycles. The Morgan fingerprint density at radius 1 is 0.878 bits per heavy atom. The molecule has 204 valence electrons. The number of aromatic amines is 1. The Bertz CT molecular complexity index is 1760. The summed E-state index contributed by atoms with van der Waals surface area (Å²) in [5.74, 6) is 1.61. The molecule has 2 N–H and O–H groups in total. The van der Waals surface area contributed by atoms with Crippen molar-refractivity contribution in [2.24, 2.45) is 0 Å². The monoisotopic (exact) mass is 543 g/mol. The molecule has 0 amide bonds. The van der Waals surface area contributed by atoms with E-state index in [0.717, 1.165) is 81.5 Å². The molecule has 8 nitrogen and oxygen atoms in total. The van der Waals surface area contributed by atoms with Crippen LogP contribution >= 0.6 is 0 Å². The van der Waals surface area contributed by atoms with E-state index in [1.807, 2.05) is 61.1 Å². The number of anilines is 2. The van der Waals surface area contributed by atoms with Crippen LogP contribution in [-0.4, -0.2) is 41.3 Å². The van der Waals surface area contributed by atoms with E-state index in [1.54, 1.807) is 12.3 Å². The average molecular weight is 544 g/mol. The molecule has 5 heterocycles. The molecule has 1 fully saturated rings. The molecule has 0 saturated carbocycles. The molecule has 7 rings (SSSR count). The molecule has 0 aliphatic carbocycles. The topological polar surface area (TPSA) is 92.4 Å². The Morgan fingerprint density at radius 3 is 2.66 bits per heavy atom. The van der Waals surface area contributed by atoms with Gasteiger partial charge in [0.25, 0.3) is 0 Å². The van der Waals surface area contributed by atoms with Crippen molar-refractivity contribution in [1.82, 2.24) is 15.0 Å². The lowest BCUT2D eigenvalue weighted by molar-refractivity contribution is 0.122. The molecule has 5 aromatic rings. The van der Waals surface area contributed by atoms with Crippen molar-refractivity contribution in [3.63, 3.8) is 0 Å². The molecule has 8 heteroatoms. The van der Waals surface area contributed by atoms with E-state index < -0.39 is 0 Å². The molecule has 2 aliphatic heterocycles. The molecular formula is C33H29N5O3. The van der Waals surface area contributed by atoms with Crippen LogP contribution in [0.2, 0.25) is 0 Å². The highest BCUT2D eigenvalue weighted by Crippen LogP contribution is 2.43. The number of benzene rings is 2. The maximum atomic E-state index is 12.6. The zero-order valence-electron chi connectivity index (χ0n) is 22.5. The van der Waals surface area contributed by atoms with Gasteiger partial charge in [0, 0.05) is 90.5 Å². The Labute approximate surface area is 237 Å². The lowest BCUT2D eigenvalue weighted by atomic mass is 9.96. The van der Waals surface area contributed by atoms with Crippen molar-refractivity contribution in [1.29, 1.82) is 0 Å². The van der Waals surface area contributed by atoms with Crippen LogP contribution in [0.5, 0.6) is 11.5 Å². The molecule has 41 heavy (non-hydrogen) atoms. The Hall–Kier alpha value is -4.95. The molecule has 0 radical (unpaired) electrons. The molecule has 0 atom stereocenters. The summed E-state index contributed by atoms with van der Waals surface area (Å²) in [5, 5.41) is 3.53. The number of para-hydroxylation sites is 1. The number of ether oxygens (including phenoxy) is 2. The van der Waals surface area contributed by atoms with Gasteiger partial charge in [-0.1, -0.05) is 18.2 Å². The van der Waals surface area contributed by atoms with Gasteiger partial charge in [0.15, 0.2) is 0 Å². The van der Waals surface area contributed by atoms with Crippen LogP contribution in [0.3, 0.4) is 0 Å². The largest absolute Gasteiger partial charge is 0.456 e. The molecule has 0 spiro atoms. The van der Waals surface area contributed by atoms with Crippen LogP contribution in [0, 0.1) is 0 Å². The SMILES string of the molecule is O=c1cc(N2CCOCC2)cc(-c2cccc3c2Oc2ccc(NCc4cncc(-c5cccnc5)c4)cc2C3)[nH]1. The van der Waals surface area contributed by atoms with Gasteiger partial charge < -0.3 is 24.7 Å². The maximum absolute atomic E-state index is 12.6. The second-order valence-corrected chi connectivity index (χ2v) is 10.3. The third kappa shape index (κ3) is 5.29. The Kier molecular flexibility index (Phi) is 6.66. The fourth-order valence-corrected chi connectivity index (χ4v) is 5.46. The van der Waals surface area contributed by atoms with Crippen LogP contribution in [0.1, 0.15) is 16.7 Å². The second-order valence-electron chi connectivity index (χ2n) is 10.3. The zero-order chi connectivity index (χ0) is 27.6. The smallest absolute Gasteiger partial charge is 0.250 e. The van der Waals surface area contributed by atoms with Crippen LogP contribution in [0.25, 0.3) is 22.4 Å². The third-order valence-electron chi connectivity index (χ3n) is 7.53. The number of morpholine rings is 1. The quantitative estimate of drug-likeness (QED) is 0.281. The van der Waals surface area contributed by atoms with E-state index in [1.165, 1.54) is 0 Å². The van der Waals surface area contributed by atoms with E-state index in [-0.39, 0.29) is 5.56 Å². The van der Waals surface area contributed by atoms with E-state index in [9.17, 15) is 4.79 Å². The summed E-state index contributed by atoms with van der Waals surface area (Å²) in [5.41, 5.74) is 8.78. The van der Waals surface area contributed by atoms with Gasteiger partial charge in [-0.05, 0) is 53.6 Å². The zero-order valence-corrected chi connectivity index (χ0v) is 22.5. The number of aromatic nitrogens is 3. The lowest BCUT2D eigenvalue weighted by Gasteiger charge is -2.29. The van der Waals surface area contributed by atoms with Gasteiger partial charge >= 0.3 is 0 Å². The molecule has 0 bridgehead atoms. The number of fused-ring (bicyclic) bond motifs is 2. The molecule has 2 aliphatic rings. The minimum absolute atomic E-state index is 0.130. The highest BCUT2D eigenvalue weighted by Gasteiger charge is 2.22. The molecule has 0 unspecified atom stereocenters. The van der Waals surface area contributed by atoms with E-state index >= 15 is 0 Å². The lowest BCUT2D eigenvalue weighted by Crippen LogP contribution is -2.36. The maximum Gasteiger partial charge on any atom is 0.250 e. The summed E-state index contributed by atoms with van der Waals surface area (Å²) >= 11 is 0. The van der Waals surface area contributed by atoms with E-state index in [2.05, 4.69) is 43.4 Å². The van der Waals surface area contributed by atoms with Crippen LogP contribution in [0.15, 0.2) is 96.3 Å². The number of hydrogen-bond donors (Lipinski definition) is 2. The third-order valence-corrected chi connectivity index (χ3v) is 7.53. The van der Waals surface area contributed by atoms with Gasteiger partial charge in [-0.2, -0.15) is 0 Å². The standard InChI is InChI=1S/C33H29N5O3/c39-32-17-28(38-9-11-40-12-10-38)16-30(37-32)29-5-1-3-23-14-25-15-27(6-7-31(25)41-33(23)29)36-19-22-13-26(21-35-18-22)24-4-2-8-34-20-24/h1-8,13,15-18,20-21,36H,9-12,14,19H2,(H,37,39). The fourth-order valence-electron chi connectivity index (χ4n) is 5.46. The summed E-state index contributed by atoms with van der Waals surface area (Å²) < 4.78 is 12.0. The van der Waals surface area contributed by atoms with Crippen LogP contribution < -0.4 is 20.5 Å². The van der Waals surface area contributed by atoms with E-state index in [0.29, 0.717) is 19.8 Å². The molecule has 2 aromatic carbocycles. The molecular weight excluding hydrogens is 514 g/mol. The van der Waals surface area contributed by atoms with Crippen molar-refractivity contribution in [3.05, 3.63) is 119 Å². The number of hydrogen-bond acceptors (Lipinski definition) is 7. The van der Waals surface area contributed by atoms with Gasteiger partial charge in [-0.25, -0.2) is 0 Å². The first-order valence-corrected chi connectivity index (χ1v) is 13.8. The summed E-state index contributed by atoms with van der Waals surface area (Å²) in [4.78, 5) is 26.5. The van der Waals surface area contributed by atoms with Crippen molar-refractivity contribution < 1.29 is 9.47 Å². The van der Waals surface area contributed by atoms with Gasteiger partial charge in [0.1, 0.15) is 11.5 Å². The van der Waals surface area contributed by atoms with Crippen LogP contribution in [-0.2, 0) is 17.7 Å². The van der Waals surface area contributed by atoms with Gasteiger partial charge in [0.2, 0.25) is 5.56 Å². The summed E-state index contributed by atoms with van der Waals surface area (Å²) in [6.45, 7) is 3.50. The molecule has 1 saturated heterocycles. The number of pyridine rings is 3. The Balaban J connectivity index is 1.11. The summed E-state index contributed by atoms with van der Waals surface area (Å²) in [6.07, 6.45) is 8.09. The van der Waals surface area contributed by atoms with E-state index in [4.69, 9.17) is 9.47 Å². The van der Waals surface area contributed by atoms with Gasteiger partial charge in [-0.3, -0.25) is 14.8 Å². The predicted octanol–water partition coefficient (Wildman–Crippen LogP) is 5.64. The van der Waals surface area contributed by atoms with Crippen molar-refractivity contribution in [2.75, 3.05) is 36.5 Å². The second kappa shape index (κ2) is 10.9. The normalized spacial score (nSPS) is 14.1. The van der Waals surface area contributed by atoms with Crippen molar-refractivity contribution in [3.8, 4) is 33.9 Å². The number of rotatable bonds is 6. The van der Waals surface area contributed by atoms with Crippen molar-refractivity contribution >= 4 is 11.4 Å². The van der Waals surface area contributed by atoms with Gasteiger partial charge in [-0.15, -0.1) is 0 Å². The highest BCUT2D eigenvalue weighted by atomic mass is 16.5. The van der Waals surface area contributed by atoms with Gasteiger partial charge in [0.05, 0.1) is 18.9 Å². The summed E-state index contributed by atoms with van der Waals surface area (Å²) in [7, 11) is 0. The average Bonchev–Trinajstić information content (AvgIpc) is 3.03. The highest BCUT2D eigenvalue weighted by molar-refractivity contribution is 5.74.